The van der Waals surface area contributed by atoms with Gasteiger partial charge in [0.25, 0.3) is 0 Å². The van der Waals surface area contributed by atoms with E-state index in [0.29, 0.717) is 5.41 Å². The summed E-state index contributed by atoms with van der Waals surface area (Å²) in [5.41, 5.74) is 8.64. The molecule has 1 saturated heterocycles. The van der Waals surface area contributed by atoms with E-state index in [9.17, 15) is 0 Å². The molecule has 0 radical (unpaired) electrons. The van der Waals surface area contributed by atoms with Crippen LogP contribution in [0.25, 0.3) is 0 Å². The third kappa shape index (κ3) is 2.78. The Bertz CT molecular complexity index is 456. The molecule has 2 fully saturated rings. The molecule has 0 aromatic heterocycles. The van der Waals surface area contributed by atoms with Crippen LogP contribution in [0.3, 0.4) is 0 Å². The first kappa shape index (κ1) is 13.7. The molecule has 0 unspecified atom stereocenters. The summed E-state index contributed by atoms with van der Waals surface area (Å²) in [5.74, 6) is 0.959. The third-order valence-corrected chi connectivity index (χ3v) is 5.28. The minimum absolute atomic E-state index is 0.691. The number of nitrogen functional groups attached to an aromatic ring is 1. The van der Waals surface area contributed by atoms with Gasteiger partial charge in [0.1, 0.15) is 5.75 Å². The SMILES string of the molecule is COc1ccc(N)cc1CN1CCC2(CCCC2)CC1. The van der Waals surface area contributed by atoms with Crippen molar-refractivity contribution >= 4 is 5.69 Å². The lowest BCUT2D eigenvalue weighted by Crippen LogP contribution is -2.38. The molecule has 1 aromatic rings. The maximum Gasteiger partial charge on any atom is 0.123 e. The molecule has 1 aliphatic carbocycles. The van der Waals surface area contributed by atoms with Crippen molar-refractivity contribution < 1.29 is 4.74 Å². The van der Waals surface area contributed by atoms with Crippen LogP contribution < -0.4 is 10.5 Å². The molecular formula is C17H26N2O. The lowest BCUT2D eigenvalue weighted by Gasteiger charge is -2.39. The molecule has 1 spiro atoms. The number of nitrogens with zero attached hydrogens (tertiary/aromatic N) is 1. The fraction of sp³-hybridized carbons (Fsp3) is 0.647. The molecule has 0 bridgehead atoms. The summed E-state index contributed by atoms with van der Waals surface area (Å²) in [7, 11) is 1.73. The Morgan fingerprint density at radius 1 is 1.15 bits per heavy atom. The van der Waals surface area contributed by atoms with Crippen LogP contribution in [0.4, 0.5) is 5.69 Å². The van der Waals surface area contributed by atoms with Gasteiger partial charge >= 0.3 is 0 Å². The largest absolute Gasteiger partial charge is 0.496 e. The number of anilines is 1. The lowest BCUT2D eigenvalue weighted by atomic mass is 9.77. The van der Waals surface area contributed by atoms with Crippen molar-refractivity contribution in [1.29, 1.82) is 0 Å². The zero-order chi connectivity index (χ0) is 14.0. The van der Waals surface area contributed by atoms with Gasteiger partial charge in [-0.2, -0.15) is 0 Å². The van der Waals surface area contributed by atoms with Crippen molar-refractivity contribution in [3.8, 4) is 5.75 Å². The third-order valence-electron chi connectivity index (χ3n) is 5.28. The normalized spacial score (nSPS) is 22.2. The molecule has 20 heavy (non-hydrogen) atoms. The summed E-state index contributed by atoms with van der Waals surface area (Å²) >= 11 is 0. The van der Waals surface area contributed by atoms with Crippen LogP contribution in [-0.2, 0) is 6.54 Å². The molecule has 2 aliphatic rings. The molecule has 0 amide bonds. The number of nitrogens with two attached hydrogens (primary N) is 1. The summed E-state index contributed by atoms with van der Waals surface area (Å²) in [6.07, 6.45) is 8.56. The Morgan fingerprint density at radius 2 is 1.85 bits per heavy atom. The van der Waals surface area contributed by atoms with Crippen LogP contribution >= 0.6 is 0 Å². The van der Waals surface area contributed by atoms with Gasteiger partial charge in [0.05, 0.1) is 7.11 Å². The highest BCUT2D eigenvalue weighted by atomic mass is 16.5. The molecule has 3 heteroatoms. The first-order valence-corrected chi connectivity index (χ1v) is 7.86. The maximum atomic E-state index is 5.91. The zero-order valence-corrected chi connectivity index (χ0v) is 12.5. The van der Waals surface area contributed by atoms with Crippen LogP contribution in [0.5, 0.6) is 5.75 Å². The Hall–Kier alpha value is -1.22. The second-order valence-electron chi connectivity index (χ2n) is 6.55. The first-order chi connectivity index (χ1) is 9.71. The van der Waals surface area contributed by atoms with Crippen molar-refractivity contribution in [1.82, 2.24) is 4.90 Å². The Morgan fingerprint density at radius 3 is 2.50 bits per heavy atom. The molecule has 3 rings (SSSR count). The summed E-state index contributed by atoms with van der Waals surface area (Å²) in [6.45, 7) is 3.40. The van der Waals surface area contributed by atoms with E-state index >= 15 is 0 Å². The number of likely N-dealkylation sites (tertiary alicyclic amines) is 1. The van der Waals surface area contributed by atoms with E-state index in [2.05, 4.69) is 11.0 Å². The highest BCUT2D eigenvalue weighted by molar-refractivity contribution is 5.47. The van der Waals surface area contributed by atoms with E-state index in [0.717, 1.165) is 18.0 Å². The van der Waals surface area contributed by atoms with Crippen molar-refractivity contribution in [2.75, 3.05) is 25.9 Å². The average Bonchev–Trinajstić information content (AvgIpc) is 2.90. The number of methoxy groups -OCH3 is 1. The van der Waals surface area contributed by atoms with Crippen LogP contribution in [0.15, 0.2) is 18.2 Å². The van der Waals surface area contributed by atoms with E-state index < -0.39 is 0 Å². The van der Waals surface area contributed by atoms with Gasteiger partial charge < -0.3 is 10.5 Å². The van der Waals surface area contributed by atoms with Crippen LogP contribution in [-0.4, -0.2) is 25.1 Å². The van der Waals surface area contributed by atoms with Crippen molar-refractivity contribution in [2.45, 2.75) is 45.1 Å². The molecule has 3 nitrogen and oxygen atoms in total. The quantitative estimate of drug-likeness (QED) is 0.858. The van der Waals surface area contributed by atoms with E-state index in [1.807, 2.05) is 12.1 Å². The summed E-state index contributed by atoms with van der Waals surface area (Å²) in [5, 5.41) is 0. The summed E-state index contributed by atoms with van der Waals surface area (Å²) in [6, 6.07) is 5.94. The van der Waals surface area contributed by atoms with Crippen molar-refractivity contribution in [3.63, 3.8) is 0 Å². The zero-order valence-electron chi connectivity index (χ0n) is 12.5. The van der Waals surface area contributed by atoms with Gasteiger partial charge in [0.2, 0.25) is 0 Å². The van der Waals surface area contributed by atoms with Crippen LogP contribution in [0, 0.1) is 5.41 Å². The first-order valence-electron chi connectivity index (χ1n) is 7.86. The highest BCUT2D eigenvalue weighted by Gasteiger charge is 2.36. The van der Waals surface area contributed by atoms with Gasteiger partial charge in [-0.05, 0) is 62.4 Å². The fourth-order valence-corrected chi connectivity index (χ4v) is 3.97. The van der Waals surface area contributed by atoms with Crippen molar-refractivity contribution in [3.05, 3.63) is 23.8 Å². The van der Waals surface area contributed by atoms with Gasteiger partial charge in [-0.15, -0.1) is 0 Å². The lowest BCUT2D eigenvalue weighted by molar-refractivity contribution is 0.103. The number of rotatable bonds is 3. The molecule has 2 N–H and O–H groups in total. The minimum Gasteiger partial charge on any atom is -0.496 e. The second-order valence-corrected chi connectivity index (χ2v) is 6.55. The number of hydrogen-bond donors (Lipinski definition) is 1. The van der Waals surface area contributed by atoms with E-state index in [4.69, 9.17) is 10.5 Å². The molecule has 0 atom stereocenters. The summed E-state index contributed by atoms with van der Waals surface area (Å²) < 4.78 is 5.45. The maximum absolute atomic E-state index is 5.91. The second kappa shape index (κ2) is 5.65. The fourth-order valence-electron chi connectivity index (χ4n) is 3.97. The summed E-state index contributed by atoms with van der Waals surface area (Å²) in [4.78, 5) is 2.56. The van der Waals surface area contributed by atoms with Gasteiger partial charge in [0, 0.05) is 17.8 Å². The smallest absolute Gasteiger partial charge is 0.123 e. The molecule has 1 aromatic carbocycles. The number of piperidine rings is 1. The Balaban J connectivity index is 1.63. The van der Waals surface area contributed by atoms with Gasteiger partial charge in [-0.1, -0.05) is 12.8 Å². The Kier molecular flexibility index (Phi) is 3.88. The van der Waals surface area contributed by atoms with E-state index in [-0.39, 0.29) is 0 Å². The van der Waals surface area contributed by atoms with E-state index in [1.54, 1.807) is 7.11 Å². The number of benzene rings is 1. The highest BCUT2D eigenvalue weighted by Crippen LogP contribution is 2.46. The van der Waals surface area contributed by atoms with Gasteiger partial charge in [-0.25, -0.2) is 0 Å². The van der Waals surface area contributed by atoms with Crippen molar-refractivity contribution in [2.24, 2.45) is 5.41 Å². The van der Waals surface area contributed by atoms with E-state index in [1.165, 1.54) is 57.2 Å². The predicted octanol–water partition coefficient (Wildman–Crippen LogP) is 3.43. The minimum atomic E-state index is 0.691. The molecule has 1 heterocycles. The monoisotopic (exact) mass is 274 g/mol. The topological polar surface area (TPSA) is 38.5 Å². The molecule has 1 saturated carbocycles. The number of hydrogen-bond acceptors (Lipinski definition) is 3. The Labute approximate surface area is 122 Å². The molecule has 110 valence electrons. The number of ether oxygens (including phenoxy) is 1. The van der Waals surface area contributed by atoms with Crippen LogP contribution in [0.1, 0.15) is 44.1 Å². The van der Waals surface area contributed by atoms with Gasteiger partial charge in [-0.3, -0.25) is 4.90 Å². The molecular weight excluding hydrogens is 248 g/mol. The predicted molar refractivity (Wildman–Crippen MR) is 82.8 cm³/mol. The van der Waals surface area contributed by atoms with Crippen LogP contribution in [0.2, 0.25) is 0 Å². The van der Waals surface area contributed by atoms with Gasteiger partial charge in [0.15, 0.2) is 0 Å². The average molecular weight is 274 g/mol. The molecule has 1 aliphatic heterocycles. The standard InChI is InChI=1S/C17H26N2O/c1-20-16-5-4-15(18)12-14(16)13-19-10-8-17(9-11-19)6-2-3-7-17/h4-5,12H,2-3,6-11,13,18H2,1H3.